The summed E-state index contributed by atoms with van der Waals surface area (Å²) in [4.78, 5) is 0. The van der Waals surface area contributed by atoms with Gasteiger partial charge in [0.15, 0.2) is 0 Å². The van der Waals surface area contributed by atoms with Crippen molar-refractivity contribution in [1.82, 2.24) is 0 Å². The smallest absolute Gasteiger partial charge is 0.127 e. The molecule has 1 N–H and O–H groups in total. The van der Waals surface area contributed by atoms with E-state index in [4.69, 9.17) is 0 Å². The second-order valence-corrected chi connectivity index (χ2v) is 6.60. The topological polar surface area (TPSA) is 20.2 Å². The van der Waals surface area contributed by atoms with Crippen LogP contribution in [0.25, 0.3) is 0 Å². The minimum Gasteiger partial charge on any atom is -0.393 e. The summed E-state index contributed by atoms with van der Waals surface area (Å²) in [6.07, 6.45) is 8.49. The third-order valence-electron chi connectivity index (χ3n) is 4.05. The molecule has 0 aromatic heterocycles. The summed E-state index contributed by atoms with van der Waals surface area (Å²) >= 11 is 3.25. The van der Waals surface area contributed by atoms with Gasteiger partial charge in [-0.05, 0) is 30.0 Å². The molecule has 1 aromatic carbocycles. The molecule has 0 amide bonds. The highest BCUT2D eigenvalue weighted by atomic mass is 79.9. The predicted molar refractivity (Wildman–Crippen MR) is 79.6 cm³/mol. The second-order valence-electron chi connectivity index (χ2n) is 5.69. The zero-order valence-corrected chi connectivity index (χ0v) is 12.8. The van der Waals surface area contributed by atoms with Gasteiger partial charge in [-0.15, -0.1) is 0 Å². The number of aliphatic hydroxyl groups is 1. The van der Waals surface area contributed by atoms with Gasteiger partial charge >= 0.3 is 0 Å². The summed E-state index contributed by atoms with van der Waals surface area (Å²) in [5.41, 5.74) is 0.615. The highest BCUT2D eigenvalue weighted by molar-refractivity contribution is 9.10. The Hall–Kier alpha value is -0.410. The molecule has 1 unspecified atom stereocenters. The lowest BCUT2D eigenvalue weighted by Crippen LogP contribution is -2.16. The lowest BCUT2D eigenvalue weighted by Gasteiger charge is -2.18. The molecule has 1 fully saturated rings. The van der Waals surface area contributed by atoms with Crippen LogP contribution in [0.3, 0.4) is 0 Å². The highest BCUT2D eigenvalue weighted by Gasteiger charge is 2.18. The SMILES string of the molecule is OC(Cc1ccc(Br)cc1F)CC1CCCCCC1. The van der Waals surface area contributed by atoms with Crippen LogP contribution in [0, 0.1) is 11.7 Å². The number of hydrogen-bond acceptors (Lipinski definition) is 1. The van der Waals surface area contributed by atoms with Crippen LogP contribution in [-0.2, 0) is 6.42 Å². The highest BCUT2D eigenvalue weighted by Crippen LogP contribution is 2.27. The van der Waals surface area contributed by atoms with Crippen LogP contribution in [0.4, 0.5) is 4.39 Å². The fourth-order valence-electron chi connectivity index (χ4n) is 3.01. The van der Waals surface area contributed by atoms with E-state index in [1.165, 1.54) is 44.6 Å². The molecule has 1 aliphatic rings. The van der Waals surface area contributed by atoms with Gasteiger partial charge in [-0.3, -0.25) is 0 Å². The molecule has 3 heteroatoms. The third-order valence-corrected chi connectivity index (χ3v) is 4.54. The van der Waals surface area contributed by atoms with Gasteiger partial charge < -0.3 is 5.11 Å². The summed E-state index contributed by atoms with van der Waals surface area (Å²) < 4.78 is 14.5. The van der Waals surface area contributed by atoms with E-state index in [0.29, 0.717) is 17.9 Å². The summed E-state index contributed by atoms with van der Waals surface area (Å²) in [5, 5.41) is 10.2. The van der Waals surface area contributed by atoms with Crippen LogP contribution < -0.4 is 0 Å². The van der Waals surface area contributed by atoms with Gasteiger partial charge in [0.25, 0.3) is 0 Å². The van der Waals surface area contributed by atoms with Crippen LogP contribution in [0.15, 0.2) is 22.7 Å². The maximum atomic E-state index is 13.7. The van der Waals surface area contributed by atoms with E-state index in [-0.39, 0.29) is 5.82 Å². The zero-order chi connectivity index (χ0) is 13.7. The quantitative estimate of drug-likeness (QED) is 0.783. The number of hydrogen-bond donors (Lipinski definition) is 1. The number of halogens is 2. The molecule has 1 aromatic rings. The number of aliphatic hydroxyl groups excluding tert-OH is 1. The number of rotatable bonds is 4. The molecule has 2 rings (SSSR count). The van der Waals surface area contributed by atoms with E-state index >= 15 is 0 Å². The molecule has 1 atom stereocenters. The normalized spacial score (nSPS) is 19.1. The fraction of sp³-hybridized carbons (Fsp3) is 0.625. The van der Waals surface area contributed by atoms with Crippen molar-refractivity contribution in [2.24, 2.45) is 5.92 Å². The first kappa shape index (κ1) is 15.0. The van der Waals surface area contributed by atoms with Crippen molar-refractivity contribution in [1.29, 1.82) is 0 Å². The standard InChI is InChI=1S/C16H22BrFO/c17-14-8-7-13(16(18)11-14)10-15(19)9-12-5-3-1-2-4-6-12/h7-8,11-12,15,19H,1-6,9-10H2. The molecule has 0 spiro atoms. The van der Waals surface area contributed by atoms with Gasteiger partial charge in [0.2, 0.25) is 0 Å². The monoisotopic (exact) mass is 328 g/mol. The molecular formula is C16H22BrFO. The van der Waals surface area contributed by atoms with E-state index in [2.05, 4.69) is 15.9 Å². The Morgan fingerprint density at radius 2 is 1.89 bits per heavy atom. The van der Waals surface area contributed by atoms with E-state index in [1.54, 1.807) is 6.07 Å². The average Bonchev–Trinajstić information content (AvgIpc) is 2.61. The Kier molecular flexibility index (Phi) is 5.83. The van der Waals surface area contributed by atoms with Crippen LogP contribution >= 0.6 is 15.9 Å². The van der Waals surface area contributed by atoms with Crippen molar-refractivity contribution in [2.45, 2.75) is 57.5 Å². The van der Waals surface area contributed by atoms with Gasteiger partial charge in [-0.1, -0.05) is 60.5 Å². The molecule has 19 heavy (non-hydrogen) atoms. The van der Waals surface area contributed by atoms with E-state index < -0.39 is 6.10 Å². The number of benzene rings is 1. The van der Waals surface area contributed by atoms with Crippen molar-refractivity contribution in [3.63, 3.8) is 0 Å². The minimum atomic E-state index is -0.418. The van der Waals surface area contributed by atoms with Crippen molar-refractivity contribution >= 4 is 15.9 Å². The van der Waals surface area contributed by atoms with Crippen molar-refractivity contribution < 1.29 is 9.50 Å². The lowest BCUT2D eigenvalue weighted by molar-refractivity contribution is 0.136. The van der Waals surface area contributed by atoms with Gasteiger partial charge in [0.05, 0.1) is 6.10 Å². The predicted octanol–water partition coefficient (Wildman–Crippen LogP) is 4.85. The van der Waals surface area contributed by atoms with Gasteiger partial charge in [0, 0.05) is 10.9 Å². The largest absolute Gasteiger partial charge is 0.393 e. The molecular weight excluding hydrogens is 307 g/mol. The first-order chi connectivity index (χ1) is 9.15. The van der Waals surface area contributed by atoms with Crippen molar-refractivity contribution in [3.8, 4) is 0 Å². The van der Waals surface area contributed by atoms with Crippen molar-refractivity contribution in [2.75, 3.05) is 0 Å². The molecule has 106 valence electrons. The third kappa shape index (κ3) is 4.88. The molecule has 1 aliphatic carbocycles. The summed E-state index contributed by atoms with van der Waals surface area (Å²) in [5.74, 6) is 0.394. The van der Waals surface area contributed by atoms with E-state index in [0.717, 1.165) is 10.9 Å². The molecule has 1 saturated carbocycles. The molecule has 0 radical (unpaired) electrons. The molecule has 0 bridgehead atoms. The maximum absolute atomic E-state index is 13.7. The Bertz CT molecular complexity index is 400. The van der Waals surface area contributed by atoms with E-state index in [1.807, 2.05) is 6.07 Å². The first-order valence-electron chi connectivity index (χ1n) is 7.27. The second kappa shape index (κ2) is 7.39. The van der Waals surface area contributed by atoms with Crippen LogP contribution in [-0.4, -0.2) is 11.2 Å². The van der Waals surface area contributed by atoms with E-state index in [9.17, 15) is 9.50 Å². The van der Waals surface area contributed by atoms with Crippen molar-refractivity contribution in [3.05, 3.63) is 34.1 Å². The van der Waals surface area contributed by atoms with Crippen LogP contribution in [0.5, 0.6) is 0 Å². The zero-order valence-electron chi connectivity index (χ0n) is 11.2. The molecule has 0 aliphatic heterocycles. The Labute approximate surface area is 123 Å². The van der Waals surface area contributed by atoms with Gasteiger partial charge in [-0.25, -0.2) is 4.39 Å². The summed E-state index contributed by atoms with van der Waals surface area (Å²) in [6, 6.07) is 5.06. The molecule has 0 heterocycles. The Morgan fingerprint density at radius 3 is 2.53 bits per heavy atom. The average molecular weight is 329 g/mol. The van der Waals surface area contributed by atoms with Crippen LogP contribution in [0.2, 0.25) is 0 Å². The van der Waals surface area contributed by atoms with Crippen LogP contribution in [0.1, 0.15) is 50.5 Å². The summed E-state index contributed by atoms with van der Waals surface area (Å²) in [7, 11) is 0. The summed E-state index contributed by atoms with van der Waals surface area (Å²) in [6.45, 7) is 0. The fourth-order valence-corrected chi connectivity index (χ4v) is 3.34. The lowest BCUT2D eigenvalue weighted by atomic mass is 9.91. The Morgan fingerprint density at radius 1 is 1.21 bits per heavy atom. The Balaban J connectivity index is 1.87. The van der Waals surface area contributed by atoms with Gasteiger partial charge in [-0.2, -0.15) is 0 Å². The van der Waals surface area contributed by atoms with Gasteiger partial charge in [0.1, 0.15) is 5.82 Å². The molecule has 0 saturated heterocycles. The molecule has 1 nitrogen and oxygen atoms in total. The minimum absolute atomic E-state index is 0.228. The maximum Gasteiger partial charge on any atom is 0.127 e. The first-order valence-corrected chi connectivity index (χ1v) is 8.06.